The predicted octanol–water partition coefficient (Wildman–Crippen LogP) is 1.31. The van der Waals surface area contributed by atoms with Crippen LogP contribution in [-0.2, 0) is 13.6 Å². The smallest absolute Gasteiger partial charge is 0.328 e. The fraction of sp³-hybridized carbons (Fsp3) is 0.462. The van der Waals surface area contributed by atoms with Crippen molar-refractivity contribution in [3.8, 4) is 0 Å². The van der Waals surface area contributed by atoms with Gasteiger partial charge in [0.15, 0.2) is 0 Å². The first-order valence-corrected chi connectivity index (χ1v) is 5.92. The van der Waals surface area contributed by atoms with Crippen molar-refractivity contribution in [2.24, 2.45) is 12.8 Å². The van der Waals surface area contributed by atoms with Gasteiger partial charge in [0.05, 0.1) is 11.0 Å². The number of hydrogen-bond donors (Lipinski definition) is 1. The SMILES string of the molecule is Cc1cc2c(cc1C)n(CCCN)c(=O)n2C. The molecule has 4 nitrogen and oxygen atoms in total. The van der Waals surface area contributed by atoms with Crippen LogP contribution in [0, 0.1) is 13.8 Å². The van der Waals surface area contributed by atoms with Gasteiger partial charge in [-0.1, -0.05) is 0 Å². The molecule has 0 bridgehead atoms. The van der Waals surface area contributed by atoms with Gasteiger partial charge < -0.3 is 5.73 Å². The second kappa shape index (κ2) is 4.37. The molecule has 0 spiro atoms. The minimum Gasteiger partial charge on any atom is -0.330 e. The third-order valence-corrected chi connectivity index (χ3v) is 3.35. The molecule has 2 N–H and O–H groups in total. The summed E-state index contributed by atoms with van der Waals surface area (Å²) in [5, 5.41) is 0. The molecule has 0 unspecified atom stereocenters. The van der Waals surface area contributed by atoms with Crippen molar-refractivity contribution >= 4 is 11.0 Å². The lowest BCUT2D eigenvalue weighted by atomic mass is 10.1. The second-order valence-electron chi connectivity index (χ2n) is 4.56. The van der Waals surface area contributed by atoms with Crippen molar-refractivity contribution in [3.05, 3.63) is 33.7 Å². The van der Waals surface area contributed by atoms with E-state index in [2.05, 4.69) is 26.0 Å². The van der Waals surface area contributed by atoms with Crippen LogP contribution < -0.4 is 11.4 Å². The fourth-order valence-corrected chi connectivity index (χ4v) is 2.12. The van der Waals surface area contributed by atoms with E-state index in [9.17, 15) is 4.79 Å². The highest BCUT2D eigenvalue weighted by Gasteiger charge is 2.11. The Bertz CT molecular complexity index is 607. The number of benzene rings is 1. The lowest BCUT2D eigenvalue weighted by Crippen LogP contribution is -2.23. The van der Waals surface area contributed by atoms with Crippen molar-refractivity contribution in [1.82, 2.24) is 9.13 Å². The molecule has 0 radical (unpaired) electrons. The molecule has 0 aliphatic carbocycles. The number of fused-ring (bicyclic) bond motifs is 1. The molecular formula is C13H19N3O. The fourth-order valence-electron chi connectivity index (χ4n) is 2.12. The van der Waals surface area contributed by atoms with Crippen LogP contribution >= 0.6 is 0 Å². The molecule has 17 heavy (non-hydrogen) atoms. The number of imidazole rings is 1. The average Bonchev–Trinajstić information content (AvgIpc) is 2.52. The van der Waals surface area contributed by atoms with E-state index in [0.717, 1.165) is 17.5 Å². The van der Waals surface area contributed by atoms with Gasteiger partial charge in [-0.3, -0.25) is 9.13 Å². The Hall–Kier alpha value is -1.55. The van der Waals surface area contributed by atoms with Gasteiger partial charge in [0.1, 0.15) is 0 Å². The summed E-state index contributed by atoms with van der Waals surface area (Å²) in [6.45, 7) is 5.43. The molecule has 0 saturated carbocycles. The van der Waals surface area contributed by atoms with Crippen molar-refractivity contribution in [2.45, 2.75) is 26.8 Å². The number of nitrogens with zero attached hydrogens (tertiary/aromatic N) is 2. The van der Waals surface area contributed by atoms with E-state index in [-0.39, 0.29) is 5.69 Å². The van der Waals surface area contributed by atoms with Crippen LogP contribution in [-0.4, -0.2) is 15.7 Å². The van der Waals surface area contributed by atoms with Gasteiger partial charge in [-0.2, -0.15) is 0 Å². The Morgan fingerprint density at radius 2 is 1.76 bits per heavy atom. The molecule has 4 heteroatoms. The van der Waals surface area contributed by atoms with E-state index < -0.39 is 0 Å². The topological polar surface area (TPSA) is 52.9 Å². The monoisotopic (exact) mass is 233 g/mol. The van der Waals surface area contributed by atoms with E-state index in [4.69, 9.17) is 5.73 Å². The first kappa shape index (κ1) is 11.9. The maximum absolute atomic E-state index is 12.1. The first-order valence-electron chi connectivity index (χ1n) is 5.92. The second-order valence-corrected chi connectivity index (χ2v) is 4.56. The molecule has 1 aromatic heterocycles. The van der Waals surface area contributed by atoms with E-state index in [1.165, 1.54) is 11.1 Å². The zero-order chi connectivity index (χ0) is 12.6. The number of aromatic nitrogens is 2. The van der Waals surface area contributed by atoms with Crippen molar-refractivity contribution in [3.63, 3.8) is 0 Å². The molecule has 0 aliphatic heterocycles. The number of rotatable bonds is 3. The highest BCUT2D eigenvalue weighted by molar-refractivity contribution is 5.78. The number of hydrogen-bond acceptors (Lipinski definition) is 2. The van der Waals surface area contributed by atoms with Crippen LogP contribution in [0.15, 0.2) is 16.9 Å². The van der Waals surface area contributed by atoms with Gasteiger partial charge in [-0.05, 0) is 50.1 Å². The summed E-state index contributed by atoms with van der Waals surface area (Å²) in [7, 11) is 1.82. The van der Waals surface area contributed by atoms with E-state index in [1.807, 2.05) is 11.6 Å². The van der Waals surface area contributed by atoms with Crippen LogP contribution in [0.5, 0.6) is 0 Å². The van der Waals surface area contributed by atoms with Crippen LogP contribution in [0.4, 0.5) is 0 Å². The quantitative estimate of drug-likeness (QED) is 0.869. The Balaban J connectivity index is 2.70. The van der Waals surface area contributed by atoms with E-state index in [1.54, 1.807) is 4.57 Å². The molecule has 0 atom stereocenters. The summed E-state index contributed by atoms with van der Waals surface area (Å²) in [6.07, 6.45) is 0.825. The van der Waals surface area contributed by atoms with Gasteiger partial charge >= 0.3 is 5.69 Å². The molecule has 0 aliphatic rings. The molecule has 2 rings (SSSR count). The number of aryl methyl sites for hydroxylation is 4. The van der Waals surface area contributed by atoms with Crippen LogP contribution in [0.1, 0.15) is 17.5 Å². The molecule has 0 saturated heterocycles. The third-order valence-electron chi connectivity index (χ3n) is 3.35. The maximum atomic E-state index is 12.1. The van der Waals surface area contributed by atoms with Crippen LogP contribution in [0.2, 0.25) is 0 Å². The number of nitrogens with two attached hydrogens (primary N) is 1. The van der Waals surface area contributed by atoms with Crippen molar-refractivity contribution in [2.75, 3.05) is 6.54 Å². The lowest BCUT2D eigenvalue weighted by molar-refractivity contribution is 0.630. The Kier molecular flexibility index (Phi) is 3.07. The standard InChI is InChI=1S/C13H19N3O/c1-9-7-11-12(8-10(9)2)16(6-4-5-14)13(17)15(11)3/h7-8H,4-6,14H2,1-3H3. The van der Waals surface area contributed by atoms with Gasteiger partial charge in [-0.25, -0.2) is 4.79 Å². The third kappa shape index (κ3) is 1.89. The van der Waals surface area contributed by atoms with Gasteiger partial charge in [0, 0.05) is 13.6 Å². The highest BCUT2D eigenvalue weighted by Crippen LogP contribution is 2.18. The molecular weight excluding hydrogens is 214 g/mol. The molecule has 0 fully saturated rings. The first-order chi connectivity index (χ1) is 8.06. The van der Waals surface area contributed by atoms with Gasteiger partial charge in [0.2, 0.25) is 0 Å². The molecule has 92 valence electrons. The minimum absolute atomic E-state index is 0.0402. The lowest BCUT2D eigenvalue weighted by Gasteiger charge is -2.04. The van der Waals surface area contributed by atoms with E-state index >= 15 is 0 Å². The van der Waals surface area contributed by atoms with Crippen molar-refractivity contribution < 1.29 is 0 Å². The average molecular weight is 233 g/mol. The Labute approximate surface area is 101 Å². The zero-order valence-corrected chi connectivity index (χ0v) is 10.7. The Morgan fingerprint density at radius 1 is 1.18 bits per heavy atom. The summed E-state index contributed by atoms with van der Waals surface area (Å²) in [6, 6.07) is 4.16. The van der Waals surface area contributed by atoms with Crippen LogP contribution in [0.3, 0.4) is 0 Å². The zero-order valence-electron chi connectivity index (χ0n) is 10.7. The summed E-state index contributed by atoms with van der Waals surface area (Å²) in [4.78, 5) is 12.1. The summed E-state index contributed by atoms with van der Waals surface area (Å²) in [5.41, 5.74) is 9.98. The van der Waals surface area contributed by atoms with Gasteiger partial charge in [0.25, 0.3) is 0 Å². The largest absolute Gasteiger partial charge is 0.330 e. The normalized spacial score (nSPS) is 11.3. The summed E-state index contributed by atoms with van der Waals surface area (Å²) in [5.74, 6) is 0. The van der Waals surface area contributed by atoms with Gasteiger partial charge in [-0.15, -0.1) is 0 Å². The predicted molar refractivity (Wildman–Crippen MR) is 70.3 cm³/mol. The Morgan fingerprint density at radius 3 is 2.35 bits per heavy atom. The van der Waals surface area contributed by atoms with Crippen molar-refractivity contribution in [1.29, 1.82) is 0 Å². The summed E-state index contributed by atoms with van der Waals surface area (Å²) >= 11 is 0. The minimum atomic E-state index is 0.0402. The molecule has 1 aromatic carbocycles. The molecule has 1 heterocycles. The highest BCUT2D eigenvalue weighted by atomic mass is 16.1. The van der Waals surface area contributed by atoms with E-state index in [0.29, 0.717) is 13.1 Å². The molecule has 2 aromatic rings. The van der Waals surface area contributed by atoms with Crippen LogP contribution in [0.25, 0.3) is 11.0 Å². The molecule has 0 amide bonds. The maximum Gasteiger partial charge on any atom is 0.328 e. The summed E-state index contributed by atoms with van der Waals surface area (Å²) < 4.78 is 3.52.